The molecule has 0 spiro atoms. The lowest BCUT2D eigenvalue weighted by atomic mass is 10.2. The average Bonchev–Trinajstić information content (AvgIpc) is 2.76. The smallest absolute Gasteiger partial charge is 0.322 e. The molecule has 154 valence electrons. The van der Waals surface area contributed by atoms with Crippen LogP contribution in [0.15, 0.2) is 48.5 Å². The molecular weight excluding hydrogens is 369 g/mol. The fraction of sp³-hybridized carbons (Fsp3) is 0.409. The van der Waals surface area contributed by atoms with E-state index in [1.165, 1.54) is 17.4 Å². The summed E-state index contributed by atoms with van der Waals surface area (Å²) >= 11 is 0. The van der Waals surface area contributed by atoms with Crippen LogP contribution in [0.5, 0.6) is 0 Å². The molecule has 7 heteroatoms. The van der Waals surface area contributed by atoms with Crippen LogP contribution in [0.2, 0.25) is 0 Å². The van der Waals surface area contributed by atoms with E-state index in [0.29, 0.717) is 13.1 Å². The largest absolute Gasteiger partial charge is 0.369 e. The number of halogens is 1. The first-order valence-electron chi connectivity index (χ1n) is 10.2. The summed E-state index contributed by atoms with van der Waals surface area (Å²) in [5.41, 5.74) is 2.67. The molecule has 2 aliphatic heterocycles. The SMILES string of the molecule is CN1CCN(c2ccc(N3CCN(C(=O)Nc4ccccc4F)CC3)cc2)CC1. The second-order valence-corrected chi connectivity index (χ2v) is 7.69. The Hall–Kier alpha value is -2.80. The van der Waals surface area contributed by atoms with Gasteiger partial charge >= 0.3 is 6.03 Å². The van der Waals surface area contributed by atoms with Crippen molar-refractivity contribution in [2.45, 2.75) is 0 Å². The van der Waals surface area contributed by atoms with Crippen molar-refractivity contribution in [1.29, 1.82) is 0 Å². The average molecular weight is 397 g/mol. The lowest BCUT2D eigenvalue weighted by Gasteiger charge is -2.37. The Balaban J connectivity index is 1.30. The number of hydrogen-bond donors (Lipinski definition) is 1. The second kappa shape index (κ2) is 8.69. The predicted octanol–water partition coefficient (Wildman–Crippen LogP) is 2.93. The minimum absolute atomic E-state index is 0.222. The first kappa shape index (κ1) is 19.5. The van der Waals surface area contributed by atoms with Gasteiger partial charge in [-0.2, -0.15) is 0 Å². The Kier molecular flexibility index (Phi) is 5.85. The summed E-state index contributed by atoms with van der Waals surface area (Å²) < 4.78 is 13.7. The molecule has 4 rings (SSSR count). The van der Waals surface area contributed by atoms with E-state index in [-0.39, 0.29) is 11.7 Å². The molecule has 29 heavy (non-hydrogen) atoms. The Morgan fingerprint density at radius 3 is 1.86 bits per heavy atom. The molecule has 0 bridgehead atoms. The first-order chi connectivity index (χ1) is 14.1. The van der Waals surface area contributed by atoms with Crippen molar-refractivity contribution >= 4 is 23.1 Å². The fourth-order valence-corrected chi connectivity index (χ4v) is 3.86. The number of para-hydroxylation sites is 1. The van der Waals surface area contributed by atoms with Crippen molar-refractivity contribution in [2.75, 3.05) is 74.5 Å². The molecule has 2 fully saturated rings. The zero-order valence-corrected chi connectivity index (χ0v) is 16.9. The van der Waals surface area contributed by atoms with Gasteiger partial charge in [-0.3, -0.25) is 0 Å². The maximum atomic E-state index is 13.7. The zero-order chi connectivity index (χ0) is 20.2. The third-order valence-electron chi connectivity index (χ3n) is 5.77. The van der Waals surface area contributed by atoms with E-state index >= 15 is 0 Å². The fourth-order valence-electron chi connectivity index (χ4n) is 3.86. The molecule has 0 radical (unpaired) electrons. The summed E-state index contributed by atoms with van der Waals surface area (Å²) in [5, 5.41) is 2.67. The van der Waals surface area contributed by atoms with Crippen molar-refractivity contribution in [3.05, 3.63) is 54.3 Å². The third kappa shape index (κ3) is 4.62. The highest BCUT2D eigenvalue weighted by atomic mass is 19.1. The van der Waals surface area contributed by atoms with Crippen LogP contribution in [0.4, 0.5) is 26.2 Å². The first-order valence-corrected chi connectivity index (χ1v) is 10.2. The van der Waals surface area contributed by atoms with Crippen molar-refractivity contribution in [3.8, 4) is 0 Å². The number of likely N-dealkylation sites (N-methyl/N-ethyl adjacent to an activating group) is 1. The number of benzene rings is 2. The third-order valence-corrected chi connectivity index (χ3v) is 5.77. The molecule has 2 aromatic rings. The predicted molar refractivity (Wildman–Crippen MR) is 115 cm³/mol. The molecular formula is C22H28FN5O. The van der Waals surface area contributed by atoms with Crippen molar-refractivity contribution < 1.29 is 9.18 Å². The number of urea groups is 1. The van der Waals surface area contributed by atoms with E-state index in [9.17, 15) is 9.18 Å². The van der Waals surface area contributed by atoms with Gasteiger partial charge in [0.15, 0.2) is 0 Å². The monoisotopic (exact) mass is 397 g/mol. The molecule has 0 atom stereocenters. The molecule has 0 aromatic heterocycles. The Bertz CT molecular complexity index is 827. The van der Waals surface area contributed by atoms with Crippen LogP contribution in [0.25, 0.3) is 0 Å². The van der Waals surface area contributed by atoms with Gasteiger partial charge in [0.05, 0.1) is 5.69 Å². The molecule has 0 aliphatic carbocycles. The number of carbonyl (C=O) groups excluding carboxylic acids is 1. The van der Waals surface area contributed by atoms with Crippen LogP contribution >= 0.6 is 0 Å². The Morgan fingerprint density at radius 1 is 0.793 bits per heavy atom. The van der Waals surface area contributed by atoms with Gasteiger partial charge in [-0.05, 0) is 43.4 Å². The van der Waals surface area contributed by atoms with E-state index in [1.54, 1.807) is 23.1 Å². The highest BCUT2D eigenvalue weighted by Crippen LogP contribution is 2.23. The van der Waals surface area contributed by atoms with Gasteiger partial charge in [-0.25, -0.2) is 9.18 Å². The van der Waals surface area contributed by atoms with Crippen LogP contribution < -0.4 is 15.1 Å². The maximum absolute atomic E-state index is 13.7. The van der Waals surface area contributed by atoms with Crippen molar-refractivity contribution in [3.63, 3.8) is 0 Å². The topological polar surface area (TPSA) is 42.1 Å². The number of nitrogens with one attached hydrogen (secondary N) is 1. The summed E-state index contributed by atoms with van der Waals surface area (Å²) in [6, 6.07) is 14.7. The maximum Gasteiger partial charge on any atom is 0.322 e. The van der Waals surface area contributed by atoms with E-state index < -0.39 is 5.82 Å². The molecule has 2 aliphatic rings. The normalized spacial score (nSPS) is 18.1. The van der Waals surface area contributed by atoms with Gasteiger partial charge in [0, 0.05) is 63.7 Å². The van der Waals surface area contributed by atoms with Crippen LogP contribution in [-0.4, -0.2) is 75.2 Å². The molecule has 0 saturated carbocycles. The van der Waals surface area contributed by atoms with E-state index in [2.05, 4.69) is 51.3 Å². The van der Waals surface area contributed by atoms with Gasteiger partial charge < -0.3 is 24.9 Å². The molecule has 2 amide bonds. The number of rotatable bonds is 3. The van der Waals surface area contributed by atoms with Crippen molar-refractivity contribution in [1.82, 2.24) is 9.80 Å². The van der Waals surface area contributed by atoms with Crippen LogP contribution in [-0.2, 0) is 0 Å². The number of piperazine rings is 2. The number of carbonyl (C=O) groups is 1. The summed E-state index contributed by atoms with van der Waals surface area (Å²) in [5.74, 6) is -0.417. The minimum Gasteiger partial charge on any atom is -0.369 e. The van der Waals surface area contributed by atoms with Gasteiger partial charge in [-0.15, -0.1) is 0 Å². The Morgan fingerprint density at radius 2 is 1.31 bits per heavy atom. The van der Waals surface area contributed by atoms with Gasteiger partial charge in [0.1, 0.15) is 5.82 Å². The molecule has 2 aromatic carbocycles. The summed E-state index contributed by atoms with van der Waals surface area (Å²) in [4.78, 5) is 21.2. The van der Waals surface area contributed by atoms with E-state index in [0.717, 1.165) is 39.3 Å². The van der Waals surface area contributed by atoms with Gasteiger partial charge in [0.25, 0.3) is 0 Å². The van der Waals surface area contributed by atoms with Gasteiger partial charge in [-0.1, -0.05) is 12.1 Å². The number of hydrogen-bond acceptors (Lipinski definition) is 4. The second-order valence-electron chi connectivity index (χ2n) is 7.69. The van der Waals surface area contributed by atoms with E-state index in [1.807, 2.05) is 0 Å². The lowest BCUT2D eigenvalue weighted by molar-refractivity contribution is 0.208. The molecule has 1 N–H and O–H groups in total. The van der Waals surface area contributed by atoms with Crippen LogP contribution in [0, 0.1) is 5.82 Å². The highest BCUT2D eigenvalue weighted by Gasteiger charge is 2.22. The minimum atomic E-state index is -0.417. The van der Waals surface area contributed by atoms with Gasteiger partial charge in [0.2, 0.25) is 0 Å². The van der Waals surface area contributed by atoms with Crippen molar-refractivity contribution in [2.24, 2.45) is 0 Å². The quantitative estimate of drug-likeness (QED) is 0.865. The number of anilines is 3. The summed E-state index contributed by atoms with van der Waals surface area (Å²) in [7, 11) is 2.16. The summed E-state index contributed by atoms with van der Waals surface area (Å²) in [6.07, 6.45) is 0. The van der Waals surface area contributed by atoms with Crippen LogP contribution in [0.3, 0.4) is 0 Å². The number of nitrogens with zero attached hydrogens (tertiary/aromatic N) is 4. The zero-order valence-electron chi connectivity index (χ0n) is 16.9. The Labute approximate surface area is 171 Å². The van der Waals surface area contributed by atoms with E-state index in [4.69, 9.17) is 0 Å². The highest BCUT2D eigenvalue weighted by molar-refractivity contribution is 5.89. The molecule has 0 unspecified atom stereocenters. The molecule has 2 heterocycles. The lowest BCUT2D eigenvalue weighted by Crippen LogP contribution is -2.50. The molecule has 2 saturated heterocycles. The molecule has 6 nitrogen and oxygen atoms in total. The standard InChI is InChI=1S/C22H28FN5O/c1-25-10-12-26(13-11-25)18-6-8-19(9-7-18)27-14-16-28(17-15-27)22(29)24-21-5-3-2-4-20(21)23/h2-9H,10-17H2,1H3,(H,24,29). The summed E-state index contributed by atoms with van der Waals surface area (Å²) in [6.45, 7) is 7.06. The number of amides is 2. The van der Waals surface area contributed by atoms with Crippen LogP contribution in [0.1, 0.15) is 0 Å².